The Morgan fingerprint density at radius 1 is 1.25 bits per heavy atom. The molecule has 4 nitrogen and oxygen atoms in total. The fourth-order valence-electron chi connectivity index (χ4n) is 3.12. The van der Waals surface area contributed by atoms with Crippen LogP contribution in [0.5, 0.6) is 0 Å². The van der Waals surface area contributed by atoms with E-state index < -0.39 is 5.60 Å². The molecule has 0 radical (unpaired) electrons. The molecule has 0 atom stereocenters. The van der Waals surface area contributed by atoms with Crippen molar-refractivity contribution >= 4 is 17.5 Å². The molecule has 1 N–H and O–H groups in total. The van der Waals surface area contributed by atoms with Gasteiger partial charge in [0.25, 0.3) is 0 Å². The highest BCUT2D eigenvalue weighted by Gasteiger charge is 2.36. The summed E-state index contributed by atoms with van der Waals surface area (Å²) in [6.07, 6.45) is 3.08. The number of aryl methyl sites for hydroxylation is 1. The zero-order valence-corrected chi connectivity index (χ0v) is 14.5. The molecule has 0 unspecified atom stereocenters. The number of halogens is 1. The average molecular weight is 345 g/mol. The van der Waals surface area contributed by atoms with Gasteiger partial charge in [0, 0.05) is 35.6 Å². The zero-order valence-electron chi connectivity index (χ0n) is 13.7. The fourth-order valence-corrected chi connectivity index (χ4v) is 3.44. The summed E-state index contributed by atoms with van der Waals surface area (Å²) in [4.78, 5) is 18.5. The molecule has 1 aliphatic heterocycles. The van der Waals surface area contributed by atoms with Gasteiger partial charge in [0.05, 0.1) is 12.0 Å². The van der Waals surface area contributed by atoms with Crippen LogP contribution < -0.4 is 0 Å². The van der Waals surface area contributed by atoms with Crippen LogP contribution in [0, 0.1) is 6.92 Å². The number of rotatable bonds is 3. The van der Waals surface area contributed by atoms with Gasteiger partial charge in [-0.25, -0.2) is 0 Å². The number of benzene rings is 1. The van der Waals surface area contributed by atoms with E-state index in [1.807, 2.05) is 42.2 Å². The van der Waals surface area contributed by atoms with Gasteiger partial charge in [-0.1, -0.05) is 35.9 Å². The van der Waals surface area contributed by atoms with Gasteiger partial charge < -0.3 is 10.0 Å². The molecule has 1 aromatic carbocycles. The van der Waals surface area contributed by atoms with E-state index in [2.05, 4.69) is 4.98 Å². The van der Waals surface area contributed by atoms with Gasteiger partial charge in [0.15, 0.2) is 0 Å². The molecule has 1 saturated heterocycles. The van der Waals surface area contributed by atoms with Gasteiger partial charge in [0.2, 0.25) is 5.91 Å². The highest BCUT2D eigenvalue weighted by atomic mass is 35.5. The van der Waals surface area contributed by atoms with Crippen LogP contribution in [0.25, 0.3) is 0 Å². The molecule has 1 aliphatic rings. The van der Waals surface area contributed by atoms with E-state index in [9.17, 15) is 9.90 Å². The van der Waals surface area contributed by atoms with Crippen molar-refractivity contribution in [2.24, 2.45) is 0 Å². The molecule has 24 heavy (non-hydrogen) atoms. The first-order valence-electron chi connectivity index (χ1n) is 8.15. The third kappa shape index (κ3) is 3.60. The standard InChI is InChI=1S/C19H21ClN2O2/c1-14-6-7-15(13-21-14)12-18(23)22-10-8-19(24,9-11-22)16-4-2-3-5-17(16)20/h2-7,13,24H,8-12H2,1H3. The number of carbonyl (C=O) groups excluding carboxylic acids is 1. The van der Waals surface area contributed by atoms with Crippen LogP contribution >= 0.6 is 11.6 Å². The van der Waals surface area contributed by atoms with Crippen LogP contribution in [0.1, 0.15) is 29.7 Å². The quantitative estimate of drug-likeness (QED) is 0.930. The second-order valence-corrected chi connectivity index (χ2v) is 6.78. The second-order valence-electron chi connectivity index (χ2n) is 6.38. The van der Waals surface area contributed by atoms with E-state index in [0.29, 0.717) is 37.4 Å². The molecule has 3 rings (SSSR count). The van der Waals surface area contributed by atoms with E-state index >= 15 is 0 Å². The minimum absolute atomic E-state index is 0.0712. The molecule has 0 spiro atoms. The summed E-state index contributed by atoms with van der Waals surface area (Å²) in [7, 11) is 0. The Bertz CT molecular complexity index is 722. The van der Waals surface area contributed by atoms with Crippen LogP contribution in [0.3, 0.4) is 0 Å². The first-order valence-corrected chi connectivity index (χ1v) is 8.52. The Hall–Kier alpha value is -1.91. The highest BCUT2D eigenvalue weighted by Crippen LogP contribution is 2.36. The first-order chi connectivity index (χ1) is 11.5. The van der Waals surface area contributed by atoms with Gasteiger partial charge in [0.1, 0.15) is 0 Å². The summed E-state index contributed by atoms with van der Waals surface area (Å²) in [5.74, 6) is 0.0712. The molecule has 5 heteroatoms. The van der Waals surface area contributed by atoms with Gasteiger partial charge in [-0.3, -0.25) is 9.78 Å². The molecular formula is C19H21ClN2O2. The molecular weight excluding hydrogens is 324 g/mol. The van der Waals surface area contributed by atoms with Crippen molar-refractivity contribution in [2.45, 2.75) is 31.8 Å². The van der Waals surface area contributed by atoms with E-state index in [0.717, 1.165) is 16.8 Å². The summed E-state index contributed by atoms with van der Waals surface area (Å²) in [5, 5.41) is 11.5. The Labute approximate surface area is 147 Å². The summed E-state index contributed by atoms with van der Waals surface area (Å²) < 4.78 is 0. The van der Waals surface area contributed by atoms with Gasteiger partial charge in [-0.05, 0) is 37.5 Å². The van der Waals surface area contributed by atoms with Crippen LogP contribution in [0.2, 0.25) is 5.02 Å². The van der Waals surface area contributed by atoms with Crippen LogP contribution in [0.15, 0.2) is 42.6 Å². The summed E-state index contributed by atoms with van der Waals surface area (Å²) in [6.45, 7) is 2.98. The third-order valence-corrected chi connectivity index (χ3v) is 4.98. The molecule has 1 aromatic heterocycles. The number of hydrogen-bond acceptors (Lipinski definition) is 3. The minimum atomic E-state index is -0.958. The normalized spacial score (nSPS) is 16.9. The van der Waals surface area contributed by atoms with Gasteiger partial charge >= 0.3 is 0 Å². The highest BCUT2D eigenvalue weighted by molar-refractivity contribution is 6.31. The number of aromatic nitrogens is 1. The van der Waals surface area contributed by atoms with Crippen molar-refractivity contribution in [3.8, 4) is 0 Å². The lowest BCUT2D eigenvalue weighted by Gasteiger charge is -2.39. The maximum Gasteiger partial charge on any atom is 0.227 e. The third-order valence-electron chi connectivity index (χ3n) is 4.65. The van der Waals surface area contributed by atoms with Crippen LogP contribution in [0.4, 0.5) is 0 Å². The predicted molar refractivity (Wildman–Crippen MR) is 93.8 cm³/mol. The van der Waals surface area contributed by atoms with Crippen molar-refractivity contribution < 1.29 is 9.90 Å². The summed E-state index contributed by atoms with van der Waals surface area (Å²) in [5.41, 5.74) is 1.65. The number of piperidine rings is 1. The van der Waals surface area contributed by atoms with E-state index in [-0.39, 0.29) is 5.91 Å². The number of carbonyl (C=O) groups is 1. The lowest BCUT2D eigenvalue weighted by molar-refractivity contribution is -0.135. The molecule has 1 amide bonds. The van der Waals surface area contributed by atoms with Gasteiger partial charge in [-0.15, -0.1) is 0 Å². The maximum atomic E-state index is 12.5. The zero-order chi connectivity index (χ0) is 17.2. The van der Waals surface area contributed by atoms with Gasteiger partial charge in [-0.2, -0.15) is 0 Å². The largest absolute Gasteiger partial charge is 0.385 e. The molecule has 126 valence electrons. The number of aliphatic hydroxyl groups is 1. The van der Waals surface area contributed by atoms with Crippen molar-refractivity contribution in [3.05, 3.63) is 64.4 Å². The SMILES string of the molecule is Cc1ccc(CC(=O)N2CCC(O)(c3ccccc3Cl)CC2)cn1. The summed E-state index contributed by atoms with van der Waals surface area (Å²) >= 11 is 6.22. The van der Waals surface area contributed by atoms with E-state index in [1.165, 1.54) is 0 Å². The first kappa shape index (κ1) is 16.9. The van der Waals surface area contributed by atoms with Crippen LogP contribution in [-0.4, -0.2) is 34.0 Å². The van der Waals surface area contributed by atoms with E-state index in [4.69, 9.17) is 11.6 Å². The molecule has 0 aliphatic carbocycles. The van der Waals surface area contributed by atoms with Crippen molar-refractivity contribution in [2.75, 3.05) is 13.1 Å². The smallest absolute Gasteiger partial charge is 0.227 e. The molecule has 2 aromatic rings. The molecule has 0 bridgehead atoms. The molecule has 1 fully saturated rings. The van der Waals surface area contributed by atoms with Crippen molar-refractivity contribution in [3.63, 3.8) is 0 Å². The van der Waals surface area contributed by atoms with Crippen molar-refractivity contribution in [1.82, 2.24) is 9.88 Å². The molecule has 2 heterocycles. The Morgan fingerprint density at radius 3 is 2.58 bits per heavy atom. The molecule has 0 saturated carbocycles. The maximum absolute atomic E-state index is 12.5. The number of hydrogen-bond donors (Lipinski definition) is 1. The number of pyridine rings is 1. The fraction of sp³-hybridized carbons (Fsp3) is 0.368. The second kappa shape index (κ2) is 6.91. The van der Waals surface area contributed by atoms with E-state index in [1.54, 1.807) is 12.3 Å². The predicted octanol–water partition coefficient (Wildman–Crippen LogP) is 3.10. The Balaban J connectivity index is 1.63. The lowest BCUT2D eigenvalue weighted by atomic mass is 9.84. The number of amides is 1. The lowest BCUT2D eigenvalue weighted by Crippen LogP contribution is -2.45. The number of nitrogens with zero attached hydrogens (tertiary/aromatic N) is 2. The van der Waals surface area contributed by atoms with Crippen molar-refractivity contribution in [1.29, 1.82) is 0 Å². The number of likely N-dealkylation sites (tertiary alicyclic amines) is 1. The van der Waals surface area contributed by atoms with Crippen LogP contribution in [-0.2, 0) is 16.8 Å². The Kier molecular flexibility index (Phi) is 4.88. The minimum Gasteiger partial charge on any atom is -0.385 e. The Morgan fingerprint density at radius 2 is 1.96 bits per heavy atom. The monoisotopic (exact) mass is 344 g/mol. The topological polar surface area (TPSA) is 53.4 Å². The average Bonchev–Trinajstić information content (AvgIpc) is 2.58. The summed E-state index contributed by atoms with van der Waals surface area (Å²) in [6, 6.07) is 11.2.